The lowest BCUT2D eigenvalue weighted by Gasteiger charge is -2.34. The van der Waals surface area contributed by atoms with Crippen LogP contribution in [-0.2, 0) is 16.1 Å². The van der Waals surface area contributed by atoms with Gasteiger partial charge in [0, 0.05) is 12.6 Å². The molecule has 0 aliphatic carbocycles. The van der Waals surface area contributed by atoms with Gasteiger partial charge in [-0.3, -0.25) is 9.59 Å². The molecule has 1 fully saturated rings. The predicted molar refractivity (Wildman–Crippen MR) is 116 cm³/mol. The van der Waals surface area contributed by atoms with E-state index in [1.54, 1.807) is 13.1 Å². The van der Waals surface area contributed by atoms with Gasteiger partial charge in [-0.25, -0.2) is 0 Å². The fourth-order valence-electron chi connectivity index (χ4n) is 4.13. The van der Waals surface area contributed by atoms with E-state index in [2.05, 4.69) is 31.2 Å². The molecule has 0 bridgehead atoms. The van der Waals surface area contributed by atoms with Crippen molar-refractivity contribution >= 4 is 11.8 Å². The van der Waals surface area contributed by atoms with Gasteiger partial charge < -0.3 is 24.2 Å². The van der Waals surface area contributed by atoms with Crippen LogP contribution in [0.1, 0.15) is 11.1 Å². The van der Waals surface area contributed by atoms with E-state index in [1.165, 1.54) is 20.9 Å². The molecule has 1 N–H and O–H groups in total. The maximum Gasteiger partial charge on any atom is 0.267 e. The molecule has 2 amide bonds. The number of hydrogen-bond acceptors (Lipinski definition) is 4. The van der Waals surface area contributed by atoms with Crippen LogP contribution in [0, 0.1) is 6.92 Å². The maximum atomic E-state index is 12.8. The van der Waals surface area contributed by atoms with Crippen LogP contribution < -0.4 is 14.4 Å². The molecule has 2 heterocycles. The number of amides is 2. The van der Waals surface area contributed by atoms with E-state index in [-0.39, 0.29) is 25.0 Å². The first-order valence-electron chi connectivity index (χ1n) is 10.8. The Morgan fingerprint density at radius 3 is 2.58 bits per heavy atom. The van der Waals surface area contributed by atoms with E-state index in [0.717, 1.165) is 19.6 Å². The number of nitrogens with zero attached hydrogens (tertiary/aromatic N) is 2. The van der Waals surface area contributed by atoms with Crippen LogP contribution in [0.4, 0.5) is 0 Å². The highest BCUT2D eigenvalue weighted by Crippen LogP contribution is 2.31. The summed E-state index contributed by atoms with van der Waals surface area (Å²) < 4.78 is 11.4. The molecule has 0 saturated carbocycles. The van der Waals surface area contributed by atoms with Crippen molar-refractivity contribution < 1.29 is 24.0 Å². The van der Waals surface area contributed by atoms with Gasteiger partial charge in [0.1, 0.15) is 13.2 Å². The number of piperazine rings is 1. The van der Waals surface area contributed by atoms with Crippen molar-refractivity contribution in [1.82, 2.24) is 9.80 Å². The van der Waals surface area contributed by atoms with Crippen molar-refractivity contribution in [3.05, 3.63) is 59.7 Å². The molecule has 2 aliphatic heterocycles. The van der Waals surface area contributed by atoms with Gasteiger partial charge >= 0.3 is 0 Å². The van der Waals surface area contributed by atoms with Gasteiger partial charge in [0.2, 0.25) is 12.0 Å². The van der Waals surface area contributed by atoms with Crippen molar-refractivity contribution in [2.24, 2.45) is 0 Å². The van der Waals surface area contributed by atoms with Crippen molar-refractivity contribution in [3.8, 4) is 11.5 Å². The van der Waals surface area contributed by atoms with Crippen LogP contribution in [0.25, 0.3) is 0 Å². The van der Waals surface area contributed by atoms with E-state index >= 15 is 0 Å². The molecule has 0 unspecified atom stereocenters. The Kier molecular flexibility index (Phi) is 6.42. The second-order valence-corrected chi connectivity index (χ2v) is 8.36. The molecule has 2 aromatic carbocycles. The lowest BCUT2D eigenvalue weighted by atomic mass is 10.1. The van der Waals surface area contributed by atoms with Crippen LogP contribution >= 0.6 is 0 Å². The predicted octanol–water partition coefficient (Wildman–Crippen LogP) is 0.521. The molecule has 0 aromatic heterocycles. The topological polar surface area (TPSA) is 63.5 Å². The summed E-state index contributed by atoms with van der Waals surface area (Å²) in [6, 6.07) is 15.9. The summed E-state index contributed by atoms with van der Waals surface area (Å²) in [6.07, 6.45) is -0.733. The SMILES string of the molecule is Cc1cccc(C[NH+]2CCN(C(=O)CN(C)C(=O)[C@@H]3COc4ccccc4O3)CC2)c1. The highest BCUT2D eigenvalue weighted by atomic mass is 16.6. The van der Waals surface area contributed by atoms with E-state index in [4.69, 9.17) is 9.47 Å². The Labute approximate surface area is 183 Å². The number of quaternary nitrogens is 1. The normalized spacial score (nSPS) is 18.5. The summed E-state index contributed by atoms with van der Waals surface area (Å²) in [4.78, 5) is 30.3. The molecule has 0 radical (unpaired) electrons. The summed E-state index contributed by atoms with van der Waals surface area (Å²) in [5.74, 6) is 0.921. The summed E-state index contributed by atoms with van der Waals surface area (Å²) >= 11 is 0. The van der Waals surface area contributed by atoms with Gasteiger partial charge in [0.05, 0.1) is 32.7 Å². The number of aryl methyl sites for hydroxylation is 1. The standard InChI is InChI=1S/C24H29N3O4/c1-18-6-5-7-19(14-18)15-26-10-12-27(13-11-26)23(28)16-25(2)24(29)22-17-30-20-8-3-4-9-21(20)31-22/h3-9,14,22H,10-13,15-17H2,1-2H3/p+1/t22-/m0/s1. The first-order chi connectivity index (χ1) is 15.0. The third-order valence-corrected chi connectivity index (χ3v) is 5.89. The Bertz CT molecular complexity index is 940. The first kappa shape index (κ1) is 21.2. The van der Waals surface area contributed by atoms with Gasteiger partial charge in [0.25, 0.3) is 5.91 Å². The molecule has 1 saturated heterocycles. The monoisotopic (exact) mass is 424 g/mol. The zero-order valence-corrected chi connectivity index (χ0v) is 18.2. The van der Waals surface area contributed by atoms with Gasteiger partial charge in [-0.1, -0.05) is 42.0 Å². The van der Waals surface area contributed by atoms with Crippen LogP contribution in [0.3, 0.4) is 0 Å². The Balaban J connectivity index is 1.24. The molecular formula is C24H30N3O4+. The minimum Gasteiger partial charge on any atom is -0.485 e. The quantitative estimate of drug-likeness (QED) is 0.760. The zero-order chi connectivity index (χ0) is 21.8. The van der Waals surface area contributed by atoms with E-state index < -0.39 is 6.10 Å². The fraction of sp³-hybridized carbons (Fsp3) is 0.417. The van der Waals surface area contributed by atoms with Crippen LogP contribution in [-0.4, -0.2) is 74.1 Å². The lowest BCUT2D eigenvalue weighted by molar-refractivity contribution is -0.917. The largest absolute Gasteiger partial charge is 0.485 e. The second-order valence-electron chi connectivity index (χ2n) is 8.36. The summed E-state index contributed by atoms with van der Waals surface area (Å²) in [5.41, 5.74) is 2.60. The van der Waals surface area contributed by atoms with E-state index in [0.29, 0.717) is 24.6 Å². The highest BCUT2D eigenvalue weighted by Gasteiger charge is 2.32. The molecule has 1 atom stereocenters. The minimum absolute atomic E-state index is 0.0254. The number of nitrogens with one attached hydrogen (secondary N) is 1. The van der Waals surface area contributed by atoms with Gasteiger partial charge in [-0.05, 0) is 19.1 Å². The Hall–Kier alpha value is -3.06. The molecule has 2 aliphatic rings. The highest BCUT2D eigenvalue weighted by molar-refractivity contribution is 5.87. The zero-order valence-electron chi connectivity index (χ0n) is 18.2. The molecular weight excluding hydrogens is 394 g/mol. The number of fused-ring (bicyclic) bond motifs is 1. The third kappa shape index (κ3) is 5.17. The molecule has 31 heavy (non-hydrogen) atoms. The fourth-order valence-corrected chi connectivity index (χ4v) is 4.13. The number of rotatable bonds is 5. The Morgan fingerprint density at radius 2 is 1.84 bits per heavy atom. The number of carbonyl (C=O) groups excluding carboxylic acids is 2. The average Bonchev–Trinajstić information content (AvgIpc) is 2.78. The van der Waals surface area contributed by atoms with Crippen LogP contribution in [0.15, 0.2) is 48.5 Å². The number of carbonyl (C=O) groups is 2. The van der Waals surface area contributed by atoms with Gasteiger partial charge in [-0.2, -0.15) is 0 Å². The number of benzene rings is 2. The van der Waals surface area contributed by atoms with Gasteiger partial charge in [0.15, 0.2) is 11.5 Å². The molecule has 164 valence electrons. The molecule has 2 aromatic rings. The second kappa shape index (κ2) is 9.39. The third-order valence-electron chi connectivity index (χ3n) is 5.89. The summed E-state index contributed by atoms with van der Waals surface area (Å²) in [5, 5.41) is 0. The lowest BCUT2D eigenvalue weighted by Crippen LogP contribution is -3.13. The minimum atomic E-state index is -0.733. The van der Waals surface area contributed by atoms with E-state index in [1.807, 2.05) is 23.1 Å². The number of para-hydroxylation sites is 2. The molecule has 7 heteroatoms. The van der Waals surface area contributed by atoms with Crippen molar-refractivity contribution in [2.75, 3.05) is 46.4 Å². The maximum absolute atomic E-state index is 12.8. The first-order valence-corrected chi connectivity index (χ1v) is 10.8. The van der Waals surface area contributed by atoms with Crippen LogP contribution in [0.5, 0.6) is 11.5 Å². The molecule has 0 spiro atoms. The average molecular weight is 425 g/mol. The summed E-state index contributed by atoms with van der Waals surface area (Å²) in [6.45, 7) is 6.51. The van der Waals surface area contributed by atoms with E-state index in [9.17, 15) is 9.59 Å². The van der Waals surface area contributed by atoms with Crippen molar-refractivity contribution in [1.29, 1.82) is 0 Å². The van der Waals surface area contributed by atoms with Gasteiger partial charge in [-0.15, -0.1) is 0 Å². The smallest absolute Gasteiger partial charge is 0.267 e. The van der Waals surface area contributed by atoms with Crippen molar-refractivity contribution in [2.45, 2.75) is 19.6 Å². The number of hydrogen-bond donors (Lipinski definition) is 1. The Morgan fingerprint density at radius 1 is 1.10 bits per heavy atom. The molecule has 7 nitrogen and oxygen atoms in total. The summed E-state index contributed by atoms with van der Waals surface area (Å²) in [7, 11) is 1.64. The number of likely N-dealkylation sites (N-methyl/N-ethyl adjacent to an activating group) is 1. The number of ether oxygens (including phenoxy) is 2. The van der Waals surface area contributed by atoms with Crippen molar-refractivity contribution in [3.63, 3.8) is 0 Å². The van der Waals surface area contributed by atoms with Crippen LogP contribution in [0.2, 0.25) is 0 Å². The molecule has 4 rings (SSSR count).